The first kappa shape index (κ1) is 22.5. The number of rotatable bonds is 7. The lowest BCUT2D eigenvalue weighted by molar-refractivity contribution is -0.122. The number of amides is 1. The van der Waals surface area contributed by atoms with Crippen LogP contribution in [0.3, 0.4) is 0 Å². The molecule has 0 unspecified atom stereocenters. The molecule has 1 saturated heterocycles. The van der Waals surface area contributed by atoms with Gasteiger partial charge < -0.3 is 10.2 Å². The first-order valence-electron chi connectivity index (χ1n) is 10.3. The van der Waals surface area contributed by atoms with Crippen LogP contribution in [0.25, 0.3) is 0 Å². The van der Waals surface area contributed by atoms with E-state index in [1.54, 1.807) is 24.3 Å². The predicted molar refractivity (Wildman–Crippen MR) is 119 cm³/mol. The number of benzene rings is 2. The highest BCUT2D eigenvalue weighted by molar-refractivity contribution is 7.89. The van der Waals surface area contributed by atoms with Crippen LogP contribution in [0.15, 0.2) is 53.4 Å². The molecule has 1 N–H and O–H groups in total. The summed E-state index contributed by atoms with van der Waals surface area (Å²) in [6, 6.07) is 14.6. The summed E-state index contributed by atoms with van der Waals surface area (Å²) >= 11 is 0. The molecule has 0 spiro atoms. The summed E-state index contributed by atoms with van der Waals surface area (Å²) in [5.74, 6) is -0.257. The fourth-order valence-electron chi connectivity index (χ4n) is 3.69. The van der Waals surface area contributed by atoms with E-state index in [1.807, 2.05) is 38.1 Å². The van der Waals surface area contributed by atoms with Gasteiger partial charge in [-0.3, -0.25) is 4.79 Å². The summed E-state index contributed by atoms with van der Waals surface area (Å²) < 4.78 is 28.0. The highest BCUT2D eigenvalue weighted by atomic mass is 32.2. The van der Waals surface area contributed by atoms with Crippen LogP contribution in [0.4, 0.5) is 0 Å². The first-order chi connectivity index (χ1) is 14.2. The lowest BCUT2D eigenvalue weighted by atomic mass is 10.1. The molecule has 6 nitrogen and oxygen atoms in total. The number of hydrogen-bond acceptors (Lipinski definition) is 4. The summed E-state index contributed by atoms with van der Waals surface area (Å²) in [7, 11) is -1.74. The monoisotopic (exact) mass is 429 g/mol. The fourth-order valence-corrected chi connectivity index (χ4v) is 5.07. The largest absolute Gasteiger partial charge is 0.352 e. The number of hydrogen-bond donors (Lipinski definition) is 1. The number of piperidine rings is 1. The van der Waals surface area contributed by atoms with Gasteiger partial charge in [-0.15, -0.1) is 0 Å². The van der Waals surface area contributed by atoms with E-state index in [2.05, 4.69) is 17.3 Å². The zero-order valence-electron chi connectivity index (χ0n) is 18.0. The van der Waals surface area contributed by atoms with Gasteiger partial charge in [0.15, 0.2) is 0 Å². The molecule has 1 heterocycles. The van der Waals surface area contributed by atoms with Gasteiger partial charge in [-0.05, 0) is 64.5 Å². The lowest BCUT2D eigenvalue weighted by Gasteiger charge is -2.30. The molecule has 30 heavy (non-hydrogen) atoms. The summed E-state index contributed by atoms with van der Waals surface area (Å²) in [6.45, 7) is 5.69. The van der Waals surface area contributed by atoms with Crippen molar-refractivity contribution in [1.82, 2.24) is 14.5 Å². The molecule has 0 radical (unpaired) electrons. The Bertz CT molecular complexity index is 965. The topological polar surface area (TPSA) is 69.7 Å². The van der Waals surface area contributed by atoms with Gasteiger partial charge in [0.25, 0.3) is 0 Å². The van der Waals surface area contributed by atoms with Gasteiger partial charge in [-0.25, -0.2) is 8.42 Å². The summed E-state index contributed by atoms with van der Waals surface area (Å²) in [6.07, 6.45) is 1.76. The molecule has 1 fully saturated rings. The third-order valence-corrected chi connectivity index (χ3v) is 7.31. The average Bonchev–Trinajstić information content (AvgIpc) is 2.69. The molecule has 0 aromatic heterocycles. The van der Waals surface area contributed by atoms with Gasteiger partial charge >= 0.3 is 0 Å². The summed E-state index contributed by atoms with van der Waals surface area (Å²) in [4.78, 5) is 15.2. The minimum absolute atomic E-state index is 0.0941. The van der Waals surface area contributed by atoms with Gasteiger partial charge in [0, 0.05) is 12.6 Å². The molecule has 1 aliphatic heterocycles. The van der Waals surface area contributed by atoms with Crippen molar-refractivity contribution in [3.05, 3.63) is 65.2 Å². The molecule has 3 rings (SSSR count). The van der Waals surface area contributed by atoms with Crippen molar-refractivity contribution in [2.45, 2.75) is 44.2 Å². The highest BCUT2D eigenvalue weighted by Crippen LogP contribution is 2.20. The molecular formula is C23H31N3O3S. The quantitative estimate of drug-likeness (QED) is 0.735. The molecule has 162 valence electrons. The molecule has 1 amide bonds. The van der Waals surface area contributed by atoms with E-state index in [0.29, 0.717) is 0 Å². The molecule has 1 aliphatic rings. The number of likely N-dealkylation sites (tertiary alicyclic amines) is 1. The smallest absolute Gasteiger partial charge is 0.243 e. The third kappa shape index (κ3) is 5.90. The average molecular weight is 430 g/mol. The Hall–Kier alpha value is -2.22. The van der Waals surface area contributed by atoms with Crippen molar-refractivity contribution in [2.24, 2.45) is 0 Å². The maximum absolute atomic E-state index is 13.3. The normalized spacial score (nSPS) is 16.0. The van der Waals surface area contributed by atoms with Crippen LogP contribution in [0.1, 0.15) is 29.5 Å². The SMILES string of the molecule is Cc1ccc(S(=O)(=O)N(CC(=O)NC2CCN(C)CC2)Cc2cccc(C)c2)cc1. The molecule has 0 saturated carbocycles. The highest BCUT2D eigenvalue weighted by Gasteiger charge is 2.28. The van der Waals surface area contributed by atoms with Crippen LogP contribution >= 0.6 is 0 Å². The number of carbonyl (C=O) groups is 1. The molecule has 0 bridgehead atoms. The summed E-state index contributed by atoms with van der Waals surface area (Å²) in [5, 5.41) is 3.03. The van der Waals surface area contributed by atoms with E-state index in [0.717, 1.165) is 42.6 Å². The zero-order valence-corrected chi connectivity index (χ0v) is 18.8. The maximum Gasteiger partial charge on any atom is 0.243 e. The molecule has 0 atom stereocenters. The Kier molecular flexibility index (Phi) is 7.28. The Morgan fingerprint density at radius 1 is 1.07 bits per heavy atom. The fraction of sp³-hybridized carbons (Fsp3) is 0.435. The van der Waals surface area contributed by atoms with Crippen molar-refractivity contribution in [1.29, 1.82) is 0 Å². The number of nitrogens with zero attached hydrogens (tertiary/aromatic N) is 2. The second-order valence-electron chi connectivity index (χ2n) is 8.22. The van der Waals surface area contributed by atoms with E-state index in [1.165, 1.54) is 4.31 Å². The number of nitrogens with one attached hydrogen (secondary N) is 1. The number of sulfonamides is 1. The van der Waals surface area contributed by atoms with Crippen LogP contribution in [0.2, 0.25) is 0 Å². The molecular weight excluding hydrogens is 398 g/mol. The van der Waals surface area contributed by atoms with Crippen molar-refractivity contribution < 1.29 is 13.2 Å². The van der Waals surface area contributed by atoms with Crippen LogP contribution in [-0.2, 0) is 21.4 Å². The van der Waals surface area contributed by atoms with Gasteiger partial charge in [-0.1, -0.05) is 47.5 Å². The number of carbonyl (C=O) groups excluding carboxylic acids is 1. The van der Waals surface area contributed by atoms with Gasteiger partial charge in [-0.2, -0.15) is 4.31 Å². The van der Waals surface area contributed by atoms with Crippen molar-refractivity contribution in [3.8, 4) is 0 Å². The molecule has 2 aromatic carbocycles. The summed E-state index contributed by atoms with van der Waals surface area (Å²) in [5.41, 5.74) is 2.90. The van der Waals surface area contributed by atoms with E-state index < -0.39 is 10.0 Å². The lowest BCUT2D eigenvalue weighted by Crippen LogP contribution is -2.47. The van der Waals surface area contributed by atoms with Gasteiger partial charge in [0.1, 0.15) is 0 Å². The molecule has 0 aliphatic carbocycles. The molecule has 7 heteroatoms. The zero-order chi connectivity index (χ0) is 21.7. The van der Waals surface area contributed by atoms with E-state index in [4.69, 9.17) is 0 Å². The van der Waals surface area contributed by atoms with Gasteiger partial charge in [0.2, 0.25) is 15.9 Å². The van der Waals surface area contributed by atoms with E-state index >= 15 is 0 Å². The minimum Gasteiger partial charge on any atom is -0.352 e. The Labute approximate surface area is 179 Å². The Balaban J connectivity index is 1.79. The Morgan fingerprint density at radius 2 is 1.73 bits per heavy atom. The number of aryl methyl sites for hydroxylation is 2. The van der Waals surface area contributed by atoms with Crippen LogP contribution in [0.5, 0.6) is 0 Å². The first-order valence-corrected chi connectivity index (χ1v) is 11.8. The Morgan fingerprint density at radius 3 is 2.37 bits per heavy atom. The van der Waals surface area contributed by atoms with Crippen LogP contribution < -0.4 is 5.32 Å². The third-order valence-electron chi connectivity index (χ3n) is 5.50. The maximum atomic E-state index is 13.3. The van der Waals surface area contributed by atoms with E-state index in [-0.39, 0.29) is 29.9 Å². The minimum atomic E-state index is -3.81. The van der Waals surface area contributed by atoms with E-state index in [9.17, 15) is 13.2 Å². The second-order valence-corrected chi connectivity index (χ2v) is 10.2. The standard InChI is InChI=1S/C23H31N3O3S/c1-18-7-9-22(10-8-18)30(28,29)26(16-20-6-4-5-19(2)15-20)17-23(27)24-21-11-13-25(3)14-12-21/h4-10,15,21H,11-14,16-17H2,1-3H3,(H,24,27). The molecule has 2 aromatic rings. The van der Waals surface area contributed by atoms with Gasteiger partial charge in [0.05, 0.1) is 11.4 Å². The second kappa shape index (κ2) is 9.73. The van der Waals surface area contributed by atoms with Crippen LogP contribution in [-0.4, -0.2) is 56.3 Å². The van der Waals surface area contributed by atoms with Crippen molar-refractivity contribution in [2.75, 3.05) is 26.7 Å². The van der Waals surface area contributed by atoms with Crippen LogP contribution in [0, 0.1) is 13.8 Å². The predicted octanol–water partition coefficient (Wildman–Crippen LogP) is 2.70. The van der Waals surface area contributed by atoms with Crippen molar-refractivity contribution >= 4 is 15.9 Å². The van der Waals surface area contributed by atoms with Crippen molar-refractivity contribution in [3.63, 3.8) is 0 Å².